The van der Waals surface area contributed by atoms with Gasteiger partial charge in [-0.25, -0.2) is 9.97 Å². The number of para-hydroxylation sites is 1. The van der Waals surface area contributed by atoms with Crippen molar-refractivity contribution in [1.29, 1.82) is 0 Å². The van der Waals surface area contributed by atoms with Crippen LogP contribution in [0.25, 0.3) is 0 Å². The summed E-state index contributed by atoms with van der Waals surface area (Å²) in [6.07, 6.45) is 6.34. The molecule has 1 aromatic carbocycles. The van der Waals surface area contributed by atoms with Crippen molar-refractivity contribution in [3.63, 3.8) is 0 Å². The van der Waals surface area contributed by atoms with Gasteiger partial charge in [0.05, 0.1) is 12.4 Å². The molecule has 1 aromatic heterocycles. The lowest BCUT2D eigenvalue weighted by Crippen LogP contribution is -2.15. The molecule has 0 aliphatic heterocycles. The van der Waals surface area contributed by atoms with Crippen molar-refractivity contribution in [1.82, 2.24) is 9.97 Å². The number of rotatable bonds is 5. The van der Waals surface area contributed by atoms with Crippen LogP contribution in [0.5, 0.6) is 0 Å². The Morgan fingerprint density at radius 3 is 2.71 bits per heavy atom. The van der Waals surface area contributed by atoms with E-state index in [2.05, 4.69) is 27.5 Å². The van der Waals surface area contributed by atoms with Crippen molar-refractivity contribution in [2.24, 2.45) is 0 Å². The van der Waals surface area contributed by atoms with Gasteiger partial charge in [-0.15, -0.1) is 0 Å². The average molecular weight is 282 g/mol. The summed E-state index contributed by atoms with van der Waals surface area (Å²) >= 11 is 0. The maximum atomic E-state index is 12.2. The fourth-order valence-corrected chi connectivity index (χ4v) is 2.09. The van der Waals surface area contributed by atoms with Crippen LogP contribution in [0.2, 0.25) is 0 Å². The van der Waals surface area contributed by atoms with Crippen LogP contribution >= 0.6 is 0 Å². The SMILES string of the molecule is CCc1ccccc1NC(=O)c1cnc(NC2CC2)cn1. The molecule has 21 heavy (non-hydrogen) atoms. The van der Waals surface area contributed by atoms with E-state index >= 15 is 0 Å². The Labute approximate surface area is 123 Å². The maximum absolute atomic E-state index is 12.2. The fraction of sp³-hybridized carbons (Fsp3) is 0.312. The van der Waals surface area contributed by atoms with E-state index in [0.717, 1.165) is 23.5 Å². The Bertz CT molecular complexity index is 635. The van der Waals surface area contributed by atoms with E-state index in [1.54, 1.807) is 6.20 Å². The lowest BCUT2D eigenvalue weighted by Gasteiger charge is -2.09. The van der Waals surface area contributed by atoms with E-state index in [0.29, 0.717) is 11.7 Å². The van der Waals surface area contributed by atoms with Gasteiger partial charge in [0, 0.05) is 11.7 Å². The molecule has 1 heterocycles. The summed E-state index contributed by atoms with van der Waals surface area (Å²) in [7, 11) is 0. The molecule has 108 valence electrons. The molecule has 5 nitrogen and oxygen atoms in total. The van der Waals surface area contributed by atoms with E-state index in [1.807, 2.05) is 24.3 Å². The minimum Gasteiger partial charge on any atom is -0.366 e. The minimum absolute atomic E-state index is 0.235. The first-order valence-electron chi connectivity index (χ1n) is 7.24. The highest BCUT2D eigenvalue weighted by Crippen LogP contribution is 2.23. The minimum atomic E-state index is -0.235. The molecule has 0 spiro atoms. The molecule has 3 rings (SSSR count). The highest BCUT2D eigenvalue weighted by Gasteiger charge is 2.21. The molecule has 2 N–H and O–H groups in total. The van der Waals surface area contributed by atoms with Crippen molar-refractivity contribution in [3.05, 3.63) is 47.9 Å². The lowest BCUT2D eigenvalue weighted by molar-refractivity contribution is 0.102. The number of aryl methyl sites for hydroxylation is 1. The second-order valence-corrected chi connectivity index (χ2v) is 5.17. The van der Waals surface area contributed by atoms with E-state index in [9.17, 15) is 4.79 Å². The summed E-state index contributed by atoms with van der Waals surface area (Å²) < 4.78 is 0. The quantitative estimate of drug-likeness (QED) is 0.885. The van der Waals surface area contributed by atoms with Crippen molar-refractivity contribution in [2.75, 3.05) is 10.6 Å². The third-order valence-electron chi connectivity index (χ3n) is 3.46. The van der Waals surface area contributed by atoms with Crippen molar-refractivity contribution in [3.8, 4) is 0 Å². The summed E-state index contributed by atoms with van der Waals surface area (Å²) in [4.78, 5) is 20.6. The van der Waals surface area contributed by atoms with Crippen molar-refractivity contribution < 1.29 is 4.79 Å². The van der Waals surface area contributed by atoms with Gasteiger partial charge in [-0.05, 0) is 30.9 Å². The molecule has 0 unspecified atom stereocenters. The molecule has 0 bridgehead atoms. The molecule has 1 aliphatic rings. The monoisotopic (exact) mass is 282 g/mol. The van der Waals surface area contributed by atoms with E-state index in [4.69, 9.17) is 0 Å². The molecular weight excluding hydrogens is 264 g/mol. The zero-order valence-corrected chi connectivity index (χ0v) is 12.0. The van der Waals surface area contributed by atoms with Crippen LogP contribution in [-0.4, -0.2) is 21.9 Å². The third-order valence-corrected chi connectivity index (χ3v) is 3.46. The zero-order chi connectivity index (χ0) is 14.7. The van der Waals surface area contributed by atoms with Crippen molar-refractivity contribution in [2.45, 2.75) is 32.2 Å². The fourth-order valence-electron chi connectivity index (χ4n) is 2.09. The van der Waals surface area contributed by atoms with E-state index in [-0.39, 0.29) is 5.91 Å². The molecule has 0 saturated heterocycles. The molecule has 5 heteroatoms. The zero-order valence-electron chi connectivity index (χ0n) is 12.0. The number of benzene rings is 1. The summed E-state index contributed by atoms with van der Waals surface area (Å²) in [6, 6.07) is 8.29. The average Bonchev–Trinajstić information content (AvgIpc) is 3.32. The Balaban J connectivity index is 1.69. The summed E-state index contributed by atoms with van der Waals surface area (Å²) in [5, 5.41) is 6.13. The van der Waals surface area contributed by atoms with Crippen LogP contribution in [-0.2, 0) is 6.42 Å². The highest BCUT2D eigenvalue weighted by atomic mass is 16.1. The number of anilines is 2. The summed E-state index contributed by atoms with van der Waals surface area (Å²) in [5.41, 5.74) is 2.25. The van der Waals surface area contributed by atoms with Crippen LogP contribution in [0, 0.1) is 0 Å². The number of nitrogens with zero attached hydrogens (tertiary/aromatic N) is 2. The van der Waals surface area contributed by atoms with Crippen LogP contribution in [0.1, 0.15) is 35.8 Å². The third kappa shape index (κ3) is 3.37. The smallest absolute Gasteiger partial charge is 0.275 e. The Kier molecular flexibility index (Phi) is 3.81. The molecule has 0 atom stereocenters. The van der Waals surface area contributed by atoms with Gasteiger partial charge >= 0.3 is 0 Å². The van der Waals surface area contributed by atoms with Crippen molar-refractivity contribution >= 4 is 17.4 Å². The largest absolute Gasteiger partial charge is 0.366 e. The number of hydrogen-bond donors (Lipinski definition) is 2. The topological polar surface area (TPSA) is 66.9 Å². The number of carbonyl (C=O) groups excluding carboxylic acids is 1. The lowest BCUT2D eigenvalue weighted by atomic mass is 10.1. The van der Waals surface area contributed by atoms with E-state index < -0.39 is 0 Å². The first-order valence-corrected chi connectivity index (χ1v) is 7.24. The molecular formula is C16H18N4O. The van der Waals surface area contributed by atoms with Gasteiger partial charge in [0.1, 0.15) is 11.5 Å². The molecule has 1 amide bonds. The predicted molar refractivity (Wildman–Crippen MR) is 82.4 cm³/mol. The maximum Gasteiger partial charge on any atom is 0.275 e. The number of hydrogen-bond acceptors (Lipinski definition) is 4. The first kappa shape index (κ1) is 13.5. The van der Waals surface area contributed by atoms with Crippen LogP contribution in [0.4, 0.5) is 11.5 Å². The van der Waals surface area contributed by atoms with Crippen LogP contribution in [0.3, 0.4) is 0 Å². The van der Waals surface area contributed by atoms with Gasteiger partial charge < -0.3 is 10.6 Å². The normalized spacial score (nSPS) is 13.8. The Morgan fingerprint density at radius 1 is 1.24 bits per heavy atom. The summed E-state index contributed by atoms with van der Waals surface area (Å²) in [6.45, 7) is 2.06. The van der Waals surface area contributed by atoms with E-state index in [1.165, 1.54) is 19.0 Å². The predicted octanol–water partition coefficient (Wildman–Crippen LogP) is 2.87. The summed E-state index contributed by atoms with van der Waals surface area (Å²) in [5.74, 6) is 0.490. The number of nitrogens with one attached hydrogen (secondary N) is 2. The van der Waals surface area contributed by atoms with Crippen LogP contribution < -0.4 is 10.6 Å². The second kappa shape index (κ2) is 5.91. The van der Waals surface area contributed by atoms with Gasteiger partial charge in [0.2, 0.25) is 0 Å². The highest BCUT2D eigenvalue weighted by molar-refractivity contribution is 6.03. The molecule has 1 fully saturated rings. The number of aromatic nitrogens is 2. The Morgan fingerprint density at radius 2 is 2.05 bits per heavy atom. The standard InChI is InChI=1S/C16H18N4O/c1-2-11-5-3-4-6-13(11)20-16(21)14-9-18-15(10-17-14)19-12-7-8-12/h3-6,9-10,12H,2,7-8H2,1H3,(H,18,19)(H,20,21). The molecule has 0 radical (unpaired) electrons. The van der Waals surface area contributed by atoms with Gasteiger partial charge in [-0.2, -0.15) is 0 Å². The first-order chi connectivity index (χ1) is 10.3. The van der Waals surface area contributed by atoms with Gasteiger partial charge in [-0.3, -0.25) is 4.79 Å². The van der Waals surface area contributed by atoms with Gasteiger partial charge in [-0.1, -0.05) is 25.1 Å². The molecule has 1 saturated carbocycles. The second-order valence-electron chi connectivity index (χ2n) is 5.17. The Hall–Kier alpha value is -2.43. The van der Waals surface area contributed by atoms with Gasteiger partial charge in [0.15, 0.2) is 0 Å². The molecule has 2 aromatic rings. The van der Waals surface area contributed by atoms with Gasteiger partial charge in [0.25, 0.3) is 5.91 Å². The number of amides is 1. The number of carbonyl (C=O) groups is 1. The van der Waals surface area contributed by atoms with Crippen LogP contribution in [0.15, 0.2) is 36.7 Å². The molecule has 1 aliphatic carbocycles.